The first kappa shape index (κ1) is 34.8. The van der Waals surface area contributed by atoms with Gasteiger partial charge in [-0.25, -0.2) is 0 Å². The number of likely N-dealkylation sites (tertiary alicyclic amines) is 1. The molecule has 44 heavy (non-hydrogen) atoms. The first-order valence-corrected chi connectivity index (χ1v) is 15.9. The Bertz CT molecular complexity index is 1210. The summed E-state index contributed by atoms with van der Waals surface area (Å²) >= 11 is 0. The molecule has 0 radical (unpaired) electrons. The Balaban J connectivity index is 1.66. The molecule has 2 aromatic rings. The Morgan fingerprint density at radius 2 is 1.55 bits per heavy atom. The van der Waals surface area contributed by atoms with E-state index in [0.29, 0.717) is 32.6 Å². The Kier molecular flexibility index (Phi) is 13.4. The summed E-state index contributed by atoms with van der Waals surface area (Å²) in [6.45, 7) is 9.60. The van der Waals surface area contributed by atoms with Gasteiger partial charge in [0.1, 0.15) is 6.04 Å². The zero-order valence-electron chi connectivity index (χ0n) is 27.1. The molecule has 240 valence electrons. The average Bonchev–Trinajstić information content (AvgIpc) is 3.48. The summed E-state index contributed by atoms with van der Waals surface area (Å²) in [7, 11) is 1.71. The van der Waals surface area contributed by atoms with E-state index >= 15 is 0 Å². The zero-order chi connectivity index (χ0) is 32.1. The van der Waals surface area contributed by atoms with Gasteiger partial charge in [0.25, 0.3) is 0 Å². The van der Waals surface area contributed by atoms with E-state index in [2.05, 4.69) is 16.0 Å². The van der Waals surface area contributed by atoms with Crippen LogP contribution >= 0.6 is 0 Å². The average molecular weight is 606 g/mol. The van der Waals surface area contributed by atoms with Crippen LogP contribution in [-0.2, 0) is 32.0 Å². The van der Waals surface area contributed by atoms with Gasteiger partial charge < -0.3 is 25.8 Å². The standard InChI is InChI=1S/C35H51N5O4/c1-26(36-5)33(43)38-32(35(2,3)4)34(44)40-23-12-17-29(40)25-39(24-21-28-15-10-7-11-16-28)31(42)19-18-30(41)37-22-20-27-13-8-6-9-14-27/h6-11,13-16,26,29,32,36H,12,17-25H2,1-5H3,(H,37,41)(H,38,43)/t26-,29-,32+/m0/s1. The van der Waals surface area contributed by atoms with Crippen molar-refractivity contribution in [1.29, 1.82) is 0 Å². The van der Waals surface area contributed by atoms with E-state index in [9.17, 15) is 19.2 Å². The molecule has 0 aliphatic carbocycles. The van der Waals surface area contributed by atoms with E-state index in [-0.39, 0.29) is 42.5 Å². The summed E-state index contributed by atoms with van der Waals surface area (Å²) in [6, 6.07) is 18.7. The number of amides is 4. The van der Waals surface area contributed by atoms with Crippen molar-refractivity contribution >= 4 is 23.6 Å². The highest BCUT2D eigenvalue weighted by Crippen LogP contribution is 2.26. The molecular formula is C35H51N5O4. The molecule has 0 saturated carbocycles. The van der Waals surface area contributed by atoms with Gasteiger partial charge in [-0.05, 0) is 56.2 Å². The summed E-state index contributed by atoms with van der Waals surface area (Å²) in [5.41, 5.74) is 1.78. The third-order valence-electron chi connectivity index (χ3n) is 8.33. The minimum Gasteiger partial charge on any atom is -0.356 e. The van der Waals surface area contributed by atoms with E-state index in [1.54, 1.807) is 14.0 Å². The van der Waals surface area contributed by atoms with E-state index in [0.717, 1.165) is 30.4 Å². The Morgan fingerprint density at radius 3 is 2.14 bits per heavy atom. The second-order valence-corrected chi connectivity index (χ2v) is 12.8. The highest BCUT2D eigenvalue weighted by atomic mass is 16.2. The quantitative estimate of drug-likeness (QED) is 0.289. The van der Waals surface area contributed by atoms with Crippen LogP contribution in [0.3, 0.4) is 0 Å². The van der Waals surface area contributed by atoms with Crippen molar-refractivity contribution in [2.45, 2.75) is 84.3 Å². The number of nitrogens with one attached hydrogen (secondary N) is 3. The molecule has 3 N–H and O–H groups in total. The van der Waals surface area contributed by atoms with E-state index in [1.807, 2.05) is 91.2 Å². The molecule has 1 aliphatic heterocycles. The molecule has 3 atom stereocenters. The van der Waals surface area contributed by atoms with Crippen molar-refractivity contribution in [3.63, 3.8) is 0 Å². The minimum atomic E-state index is -0.695. The number of carbonyl (C=O) groups is 4. The summed E-state index contributed by atoms with van der Waals surface area (Å²) in [6.07, 6.45) is 3.25. The topological polar surface area (TPSA) is 111 Å². The maximum atomic E-state index is 13.9. The molecule has 9 heteroatoms. The molecular weight excluding hydrogens is 554 g/mol. The van der Waals surface area contributed by atoms with Crippen LogP contribution in [0, 0.1) is 5.41 Å². The largest absolute Gasteiger partial charge is 0.356 e. The summed E-state index contributed by atoms with van der Waals surface area (Å²) in [5.74, 6) is -0.584. The molecule has 1 fully saturated rings. The second-order valence-electron chi connectivity index (χ2n) is 12.8. The maximum Gasteiger partial charge on any atom is 0.246 e. The van der Waals surface area contributed by atoms with E-state index in [4.69, 9.17) is 0 Å². The Hall–Kier alpha value is -3.72. The van der Waals surface area contributed by atoms with Crippen molar-refractivity contribution in [3.8, 4) is 0 Å². The van der Waals surface area contributed by atoms with Crippen LogP contribution in [0.1, 0.15) is 64.5 Å². The van der Waals surface area contributed by atoms with Crippen molar-refractivity contribution < 1.29 is 19.2 Å². The van der Waals surface area contributed by atoms with E-state index < -0.39 is 17.5 Å². The summed E-state index contributed by atoms with van der Waals surface area (Å²) in [4.78, 5) is 56.5. The lowest BCUT2D eigenvalue weighted by Gasteiger charge is -2.37. The normalized spacial score (nSPS) is 16.2. The van der Waals surface area contributed by atoms with Gasteiger partial charge in [0.05, 0.1) is 6.04 Å². The summed E-state index contributed by atoms with van der Waals surface area (Å²) in [5, 5.41) is 8.83. The predicted molar refractivity (Wildman–Crippen MR) is 174 cm³/mol. The highest BCUT2D eigenvalue weighted by molar-refractivity contribution is 5.90. The molecule has 2 aromatic carbocycles. The SMILES string of the molecule is CN[C@@H](C)C(=O)N[C@H](C(=O)N1CCC[C@H]1CN(CCc1ccccc1)C(=O)CCC(=O)NCCc1ccccc1)C(C)(C)C. The molecule has 1 heterocycles. The van der Waals surface area contributed by atoms with Crippen LogP contribution in [-0.4, -0.2) is 84.8 Å². The number of hydrogen-bond acceptors (Lipinski definition) is 5. The van der Waals surface area contributed by atoms with Gasteiger partial charge in [0, 0.05) is 45.1 Å². The number of carbonyl (C=O) groups excluding carboxylic acids is 4. The van der Waals surface area contributed by atoms with Gasteiger partial charge >= 0.3 is 0 Å². The zero-order valence-corrected chi connectivity index (χ0v) is 27.1. The van der Waals surface area contributed by atoms with Gasteiger partial charge in [-0.1, -0.05) is 81.4 Å². The molecule has 1 saturated heterocycles. The first-order chi connectivity index (χ1) is 21.0. The van der Waals surface area contributed by atoms with Gasteiger partial charge in [-0.3, -0.25) is 19.2 Å². The lowest BCUT2D eigenvalue weighted by atomic mass is 9.85. The molecule has 0 aromatic heterocycles. The number of rotatable bonds is 15. The van der Waals surface area contributed by atoms with Gasteiger partial charge in [0.15, 0.2) is 0 Å². The van der Waals surface area contributed by atoms with Gasteiger partial charge in [-0.2, -0.15) is 0 Å². The lowest BCUT2D eigenvalue weighted by molar-refractivity contribution is -0.142. The smallest absolute Gasteiger partial charge is 0.246 e. The molecule has 0 spiro atoms. The number of nitrogens with zero attached hydrogens (tertiary/aromatic N) is 2. The number of benzene rings is 2. The number of likely N-dealkylation sites (N-methyl/N-ethyl adjacent to an activating group) is 1. The van der Waals surface area contributed by atoms with Crippen LogP contribution < -0.4 is 16.0 Å². The van der Waals surface area contributed by atoms with Crippen LogP contribution in [0.25, 0.3) is 0 Å². The fourth-order valence-corrected chi connectivity index (χ4v) is 5.47. The fourth-order valence-electron chi connectivity index (χ4n) is 5.47. The second kappa shape index (κ2) is 16.9. The molecule has 0 bridgehead atoms. The van der Waals surface area contributed by atoms with Crippen molar-refractivity contribution in [3.05, 3.63) is 71.8 Å². The number of hydrogen-bond donors (Lipinski definition) is 3. The van der Waals surface area contributed by atoms with Gasteiger partial charge in [0.2, 0.25) is 23.6 Å². The third kappa shape index (κ3) is 10.8. The Morgan fingerprint density at radius 1 is 0.932 bits per heavy atom. The first-order valence-electron chi connectivity index (χ1n) is 15.9. The maximum absolute atomic E-state index is 13.9. The molecule has 0 unspecified atom stereocenters. The molecule has 9 nitrogen and oxygen atoms in total. The van der Waals surface area contributed by atoms with Crippen LogP contribution in [0.2, 0.25) is 0 Å². The van der Waals surface area contributed by atoms with Crippen molar-refractivity contribution in [2.24, 2.45) is 5.41 Å². The van der Waals surface area contributed by atoms with Crippen molar-refractivity contribution in [1.82, 2.24) is 25.8 Å². The van der Waals surface area contributed by atoms with Gasteiger partial charge in [-0.15, -0.1) is 0 Å². The predicted octanol–water partition coefficient (Wildman–Crippen LogP) is 3.33. The highest BCUT2D eigenvalue weighted by Gasteiger charge is 2.40. The molecule has 4 amide bonds. The van der Waals surface area contributed by atoms with E-state index in [1.165, 1.54) is 0 Å². The van der Waals surface area contributed by atoms with Crippen LogP contribution in [0.4, 0.5) is 0 Å². The van der Waals surface area contributed by atoms with Crippen LogP contribution in [0.5, 0.6) is 0 Å². The lowest BCUT2D eigenvalue weighted by Crippen LogP contribution is -2.59. The monoisotopic (exact) mass is 605 g/mol. The minimum absolute atomic E-state index is 0.0954. The van der Waals surface area contributed by atoms with Crippen molar-refractivity contribution in [2.75, 3.05) is 33.2 Å². The fraction of sp³-hybridized carbons (Fsp3) is 0.543. The molecule has 3 rings (SSSR count). The molecule has 1 aliphatic rings. The Labute approximate surface area is 263 Å². The van der Waals surface area contributed by atoms with Crippen LogP contribution in [0.15, 0.2) is 60.7 Å². The third-order valence-corrected chi connectivity index (χ3v) is 8.33. The summed E-state index contributed by atoms with van der Waals surface area (Å²) < 4.78 is 0.